The van der Waals surface area contributed by atoms with Crippen molar-refractivity contribution in [3.05, 3.63) is 58.3 Å². The van der Waals surface area contributed by atoms with Crippen molar-refractivity contribution >= 4 is 68.3 Å². The molecule has 2 N–H and O–H groups in total. The Morgan fingerprint density at radius 1 is 1.12 bits per heavy atom. The summed E-state index contributed by atoms with van der Waals surface area (Å²) < 4.78 is 36.2. The van der Waals surface area contributed by atoms with Crippen LogP contribution in [0.1, 0.15) is 12.5 Å². The van der Waals surface area contributed by atoms with Gasteiger partial charge >= 0.3 is 6.61 Å². The van der Waals surface area contributed by atoms with Crippen molar-refractivity contribution in [2.45, 2.75) is 20.0 Å². The molecule has 2 aromatic heterocycles. The van der Waals surface area contributed by atoms with E-state index in [1.54, 1.807) is 18.2 Å². The largest absolute Gasteiger partial charge is 0.452 e. The molecule has 0 spiro atoms. The lowest BCUT2D eigenvalue weighted by atomic mass is 10.0. The van der Waals surface area contributed by atoms with Crippen LogP contribution < -0.4 is 15.4 Å². The van der Waals surface area contributed by atoms with E-state index in [0.29, 0.717) is 27.6 Å². The van der Waals surface area contributed by atoms with Gasteiger partial charge in [0.05, 0.1) is 22.2 Å². The lowest BCUT2D eigenvalue weighted by Crippen LogP contribution is -2.15. The molecule has 0 fully saturated rings. The molecule has 0 aliphatic carbocycles. The molecule has 2 aromatic carbocycles. The van der Waals surface area contributed by atoms with Crippen LogP contribution in [0.3, 0.4) is 0 Å². The number of amides is 2. The maximum atomic E-state index is 12.9. The third-order valence-electron chi connectivity index (χ3n) is 4.67. The third kappa shape index (κ3) is 4.84. The van der Waals surface area contributed by atoms with Gasteiger partial charge in [-0.3, -0.25) is 14.6 Å². The van der Waals surface area contributed by atoms with E-state index < -0.39 is 12.5 Å². The fraction of sp³-hybridized carbons (Fsp3) is 0.136. The number of furan rings is 1. The lowest BCUT2D eigenvalue weighted by Gasteiger charge is -2.11. The molecule has 2 amide bonds. The first-order valence-electron chi connectivity index (χ1n) is 9.52. The molecule has 0 saturated carbocycles. The van der Waals surface area contributed by atoms with E-state index in [4.69, 9.17) is 27.6 Å². The molecular formula is C22H15Cl2F2N3O4. The number of rotatable bonds is 6. The Morgan fingerprint density at radius 2 is 1.85 bits per heavy atom. The van der Waals surface area contributed by atoms with E-state index in [9.17, 15) is 18.4 Å². The number of hydrogen-bond acceptors (Lipinski definition) is 5. The predicted octanol–water partition coefficient (Wildman–Crippen LogP) is 6.03. The summed E-state index contributed by atoms with van der Waals surface area (Å²) in [6.07, 6.45) is 2.52. The smallest absolute Gasteiger partial charge is 0.387 e. The number of ether oxygens (including phenoxy) is 1. The molecular weight excluding hydrogens is 479 g/mol. The van der Waals surface area contributed by atoms with Crippen LogP contribution in [0.15, 0.2) is 47.1 Å². The Kier molecular flexibility index (Phi) is 6.35. The number of alkyl halides is 2. The molecule has 0 unspecified atom stereocenters. The molecule has 0 aliphatic heterocycles. The zero-order valence-corrected chi connectivity index (χ0v) is 18.4. The van der Waals surface area contributed by atoms with Crippen molar-refractivity contribution < 1.29 is 27.5 Å². The number of carbonyl (C=O) groups excluding carboxylic acids is 2. The average molecular weight is 494 g/mol. The number of hydrogen-bond donors (Lipinski definition) is 2. The van der Waals surface area contributed by atoms with Crippen molar-refractivity contribution in [1.29, 1.82) is 0 Å². The van der Waals surface area contributed by atoms with Gasteiger partial charge in [-0.25, -0.2) is 0 Å². The van der Waals surface area contributed by atoms with Gasteiger partial charge in [0.15, 0.2) is 11.3 Å². The topological polar surface area (TPSA) is 93.5 Å². The average Bonchev–Trinajstić information content (AvgIpc) is 3.11. The summed E-state index contributed by atoms with van der Waals surface area (Å²) in [6, 6.07) is 7.63. The van der Waals surface area contributed by atoms with Gasteiger partial charge in [-0.05, 0) is 29.8 Å². The standard InChI is InChI=1S/C22H15Cl2F2N3O4/c1-10(30)28-12-3-5-16-13(7-12)19-11(2-4-17(21(19)32-16)33-22(25)26)6-18(31)29-20-14(23)8-27-9-15(20)24/h2-5,7-9,22H,6H2,1H3,(H,28,30)(H,27,29,31). The van der Waals surface area contributed by atoms with Gasteiger partial charge in [0.1, 0.15) is 5.58 Å². The van der Waals surface area contributed by atoms with Gasteiger partial charge in [0.2, 0.25) is 11.8 Å². The van der Waals surface area contributed by atoms with Crippen LogP contribution in [-0.4, -0.2) is 23.4 Å². The summed E-state index contributed by atoms with van der Waals surface area (Å²) in [6.45, 7) is -1.71. The summed E-state index contributed by atoms with van der Waals surface area (Å²) in [4.78, 5) is 28.1. The summed E-state index contributed by atoms with van der Waals surface area (Å²) >= 11 is 12.1. The number of anilines is 2. The van der Waals surface area contributed by atoms with Gasteiger partial charge < -0.3 is 19.8 Å². The second-order valence-electron chi connectivity index (χ2n) is 7.00. The van der Waals surface area contributed by atoms with Crippen molar-refractivity contribution in [2.75, 3.05) is 10.6 Å². The third-order valence-corrected chi connectivity index (χ3v) is 5.25. The van der Waals surface area contributed by atoms with Crippen LogP contribution in [0.5, 0.6) is 5.75 Å². The molecule has 4 aromatic rings. The Hall–Kier alpha value is -3.43. The second-order valence-corrected chi connectivity index (χ2v) is 7.82. The maximum Gasteiger partial charge on any atom is 0.387 e. The number of nitrogens with one attached hydrogen (secondary N) is 2. The monoisotopic (exact) mass is 493 g/mol. The number of benzene rings is 2. The van der Waals surface area contributed by atoms with Crippen LogP contribution >= 0.6 is 23.2 Å². The fourth-order valence-electron chi connectivity index (χ4n) is 3.43. The number of fused-ring (bicyclic) bond motifs is 3. The Bertz CT molecular complexity index is 1370. The first-order chi connectivity index (χ1) is 15.7. The van der Waals surface area contributed by atoms with Crippen LogP contribution in [0.4, 0.5) is 20.2 Å². The number of halogens is 4. The van der Waals surface area contributed by atoms with E-state index in [-0.39, 0.29) is 39.4 Å². The molecule has 0 radical (unpaired) electrons. The molecule has 0 bridgehead atoms. The van der Waals surface area contributed by atoms with Crippen LogP contribution in [-0.2, 0) is 16.0 Å². The fourth-order valence-corrected chi connectivity index (χ4v) is 3.89. The van der Waals surface area contributed by atoms with E-state index >= 15 is 0 Å². The van der Waals surface area contributed by atoms with E-state index in [1.807, 2.05) is 0 Å². The Morgan fingerprint density at radius 3 is 2.52 bits per heavy atom. The van der Waals surface area contributed by atoms with E-state index in [2.05, 4.69) is 20.4 Å². The summed E-state index contributed by atoms with van der Waals surface area (Å²) in [5, 5.41) is 6.53. The van der Waals surface area contributed by atoms with Crippen molar-refractivity contribution in [3.8, 4) is 5.75 Å². The second kappa shape index (κ2) is 9.21. The summed E-state index contributed by atoms with van der Waals surface area (Å²) in [7, 11) is 0. The quantitative estimate of drug-likeness (QED) is 0.342. The van der Waals surface area contributed by atoms with E-state index in [0.717, 1.165) is 0 Å². The van der Waals surface area contributed by atoms with Crippen molar-refractivity contribution in [3.63, 3.8) is 0 Å². The number of aromatic nitrogens is 1. The first kappa shape index (κ1) is 22.8. The molecule has 0 atom stereocenters. The number of nitrogens with zero attached hydrogens (tertiary/aromatic N) is 1. The van der Waals surface area contributed by atoms with Gasteiger partial charge in [-0.2, -0.15) is 8.78 Å². The van der Waals surface area contributed by atoms with Gasteiger partial charge in [-0.15, -0.1) is 0 Å². The molecule has 4 rings (SSSR count). The molecule has 33 heavy (non-hydrogen) atoms. The van der Waals surface area contributed by atoms with Gasteiger partial charge in [0.25, 0.3) is 0 Å². The number of carbonyl (C=O) groups is 2. The normalized spacial score (nSPS) is 11.2. The maximum absolute atomic E-state index is 12.9. The van der Waals surface area contributed by atoms with Crippen molar-refractivity contribution in [2.24, 2.45) is 0 Å². The lowest BCUT2D eigenvalue weighted by molar-refractivity contribution is -0.116. The zero-order chi connectivity index (χ0) is 23.7. The van der Waals surface area contributed by atoms with Gasteiger partial charge in [-0.1, -0.05) is 29.3 Å². The SMILES string of the molecule is CC(=O)Nc1ccc2oc3c(OC(F)F)ccc(CC(=O)Nc4c(Cl)cncc4Cl)c3c2c1. The summed E-state index contributed by atoms with van der Waals surface area (Å²) in [5.41, 5.74) is 1.58. The number of pyridine rings is 1. The molecule has 0 saturated heterocycles. The minimum Gasteiger partial charge on any atom is -0.452 e. The molecule has 11 heteroatoms. The summed E-state index contributed by atoms with van der Waals surface area (Å²) in [5.74, 6) is -0.919. The van der Waals surface area contributed by atoms with Gasteiger partial charge in [0, 0.05) is 35.8 Å². The highest BCUT2D eigenvalue weighted by molar-refractivity contribution is 6.39. The Balaban J connectivity index is 1.79. The molecule has 2 heterocycles. The minimum absolute atomic E-state index is 0.0514. The van der Waals surface area contributed by atoms with E-state index in [1.165, 1.54) is 31.5 Å². The zero-order valence-electron chi connectivity index (χ0n) is 16.9. The van der Waals surface area contributed by atoms with Crippen LogP contribution in [0, 0.1) is 0 Å². The Labute approximate surface area is 195 Å². The first-order valence-corrected chi connectivity index (χ1v) is 10.3. The van der Waals surface area contributed by atoms with Crippen LogP contribution in [0.25, 0.3) is 21.9 Å². The van der Waals surface area contributed by atoms with Crippen LogP contribution in [0.2, 0.25) is 10.0 Å². The minimum atomic E-state index is -3.07. The molecule has 170 valence electrons. The molecule has 7 nitrogen and oxygen atoms in total. The van der Waals surface area contributed by atoms with Crippen molar-refractivity contribution in [1.82, 2.24) is 4.98 Å². The molecule has 0 aliphatic rings. The predicted molar refractivity (Wildman–Crippen MR) is 121 cm³/mol. The highest BCUT2D eigenvalue weighted by atomic mass is 35.5. The highest BCUT2D eigenvalue weighted by Gasteiger charge is 2.20. The highest BCUT2D eigenvalue weighted by Crippen LogP contribution is 2.39.